The molecule has 0 spiro atoms. The maximum Gasteiger partial charge on any atom is 0.186 e. The van der Waals surface area contributed by atoms with Crippen LogP contribution in [-0.2, 0) is 25.6 Å². The fraction of sp³-hybridized carbons (Fsp3) is 0.647. The van der Waals surface area contributed by atoms with Crippen molar-refractivity contribution in [2.45, 2.75) is 38.1 Å². The van der Waals surface area contributed by atoms with Gasteiger partial charge in [0.2, 0.25) is 0 Å². The van der Waals surface area contributed by atoms with Crippen molar-refractivity contribution in [1.29, 1.82) is 0 Å². The normalized spacial score (nSPS) is 28.2. The Kier molecular flexibility index (Phi) is 7.90. The van der Waals surface area contributed by atoms with Crippen LogP contribution >= 0.6 is 11.6 Å². The van der Waals surface area contributed by atoms with Gasteiger partial charge in [0.25, 0.3) is 0 Å². The molecule has 5 atom stereocenters. The first kappa shape index (κ1) is 19.6. The van der Waals surface area contributed by atoms with Crippen molar-refractivity contribution in [2.24, 2.45) is 5.92 Å². The van der Waals surface area contributed by atoms with Gasteiger partial charge in [0.1, 0.15) is 12.2 Å². The summed E-state index contributed by atoms with van der Waals surface area (Å²) in [5, 5.41) is 19.1. The van der Waals surface area contributed by atoms with Crippen molar-refractivity contribution >= 4 is 11.6 Å². The van der Waals surface area contributed by atoms with Gasteiger partial charge in [-0.25, -0.2) is 0 Å². The number of ether oxygens (including phenoxy) is 4. The third-order valence-corrected chi connectivity index (χ3v) is 4.45. The highest BCUT2D eigenvalue weighted by Gasteiger charge is 2.48. The molecule has 1 saturated heterocycles. The molecule has 1 aromatic carbocycles. The monoisotopic (exact) mass is 360 g/mol. The number of rotatable bonds is 9. The molecule has 0 bridgehead atoms. The standard InChI is InChI=1S/C17H25ClO6/c1-11(9-20)14-15(16(22-8-7-19)17(21-2)24-14)23-10-12-5-3-4-6-13(12)18/h3-6,11,14-17,19-20H,7-10H2,1-2H3/t11-,14-,15+,16-,17?/m1/s1. The van der Waals surface area contributed by atoms with Crippen LogP contribution in [0, 0.1) is 5.92 Å². The van der Waals surface area contributed by atoms with Crippen LogP contribution in [0.4, 0.5) is 0 Å². The molecule has 1 fully saturated rings. The molecule has 0 saturated carbocycles. The molecule has 2 N–H and O–H groups in total. The topological polar surface area (TPSA) is 77.4 Å². The lowest BCUT2D eigenvalue weighted by Gasteiger charge is -2.26. The predicted octanol–water partition coefficient (Wildman–Crippen LogP) is 1.60. The number of benzene rings is 1. The Bertz CT molecular complexity index is 500. The minimum Gasteiger partial charge on any atom is -0.396 e. The number of halogens is 1. The molecule has 0 amide bonds. The molecular formula is C17H25ClO6. The highest BCUT2D eigenvalue weighted by Crippen LogP contribution is 2.32. The maximum atomic E-state index is 9.49. The lowest BCUT2D eigenvalue weighted by molar-refractivity contribution is -0.170. The summed E-state index contributed by atoms with van der Waals surface area (Å²) in [5.74, 6) is -0.151. The van der Waals surface area contributed by atoms with Crippen LogP contribution in [-0.4, -0.2) is 61.7 Å². The molecular weight excluding hydrogens is 336 g/mol. The van der Waals surface area contributed by atoms with E-state index in [0.717, 1.165) is 5.56 Å². The van der Waals surface area contributed by atoms with E-state index in [1.165, 1.54) is 7.11 Å². The second-order valence-corrected chi connectivity index (χ2v) is 6.20. The summed E-state index contributed by atoms with van der Waals surface area (Å²) in [5.41, 5.74) is 0.858. The van der Waals surface area contributed by atoms with Crippen LogP contribution in [0.3, 0.4) is 0 Å². The van der Waals surface area contributed by atoms with E-state index in [0.29, 0.717) is 5.02 Å². The third kappa shape index (κ3) is 4.67. The fourth-order valence-electron chi connectivity index (χ4n) is 2.76. The second-order valence-electron chi connectivity index (χ2n) is 5.79. The van der Waals surface area contributed by atoms with Crippen molar-refractivity contribution in [3.8, 4) is 0 Å². The van der Waals surface area contributed by atoms with Gasteiger partial charge in [0.15, 0.2) is 6.29 Å². The van der Waals surface area contributed by atoms with Crippen molar-refractivity contribution in [2.75, 3.05) is 26.9 Å². The first-order valence-electron chi connectivity index (χ1n) is 7.99. The predicted molar refractivity (Wildman–Crippen MR) is 88.8 cm³/mol. The van der Waals surface area contributed by atoms with Gasteiger partial charge in [0, 0.05) is 24.7 Å². The van der Waals surface area contributed by atoms with Crippen molar-refractivity contribution < 1.29 is 29.2 Å². The summed E-state index contributed by atoms with van der Waals surface area (Å²) in [7, 11) is 1.52. The SMILES string of the molecule is COC1O[C@H]([C@H](C)CO)[C@H](OCc2ccccc2Cl)[C@H]1OCCO. The smallest absolute Gasteiger partial charge is 0.186 e. The highest BCUT2D eigenvalue weighted by molar-refractivity contribution is 6.31. The summed E-state index contributed by atoms with van der Waals surface area (Å²) in [6.07, 6.45) is -1.94. The van der Waals surface area contributed by atoms with E-state index in [2.05, 4.69) is 0 Å². The van der Waals surface area contributed by atoms with Crippen molar-refractivity contribution in [3.05, 3.63) is 34.9 Å². The van der Waals surface area contributed by atoms with E-state index in [-0.39, 0.29) is 38.4 Å². The Hall–Kier alpha value is -0.730. The van der Waals surface area contributed by atoms with Crippen LogP contribution < -0.4 is 0 Å². The molecule has 2 rings (SSSR count). The molecule has 1 aromatic rings. The average molecular weight is 361 g/mol. The lowest BCUT2D eigenvalue weighted by atomic mass is 9.99. The molecule has 7 heteroatoms. The number of aliphatic hydroxyl groups is 2. The fourth-order valence-corrected chi connectivity index (χ4v) is 2.95. The van der Waals surface area contributed by atoms with E-state index < -0.39 is 18.5 Å². The zero-order valence-corrected chi connectivity index (χ0v) is 14.7. The quantitative estimate of drug-likeness (QED) is 0.696. The molecule has 1 aliphatic rings. The Labute approximate surface area is 147 Å². The van der Waals surface area contributed by atoms with Gasteiger partial charge in [-0.1, -0.05) is 36.7 Å². The zero-order valence-electron chi connectivity index (χ0n) is 13.9. The third-order valence-electron chi connectivity index (χ3n) is 4.08. The van der Waals surface area contributed by atoms with Gasteiger partial charge in [-0.05, 0) is 11.6 Å². The molecule has 0 radical (unpaired) electrons. The molecule has 6 nitrogen and oxygen atoms in total. The van der Waals surface area contributed by atoms with E-state index in [9.17, 15) is 5.11 Å². The summed E-state index contributed by atoms with van der Waals surface area (Å²) in [4.78, 5) is 0. The van der Waals surface area contributed by atoms with Crippen molar-refractivity contribution in [3.63, 3.8) is 0 Å². The van der Waals surface area contributed by atoms with Crippen LogP contribution in [0.2, 0.25) is 5.02 Å². The lowest BCUT2D eigenvalue weighted by Crippen LogP contribution is -2.41. The average Bonchev–Trinajstić information content (AvgIpc) is 2.96. The molecule has 136 valence electrons. The number of aliphatic hydroxyl groups excluding tert-OH is 2. The van der Waals surface area contributed by atoms with E-state index in [1.807, 2.05) is 25.1 Å². The van der Waals surface area contributed by atoms with Gasteiger partial charge in [-0.2, -0.15) is 0 Å². The Morgan fingerprint density at radius 1 is 1.21 bits per heavy atom. The van der Waals surface area contributed by atoms with Crippen LogP contribution in [0.1, 0.15) is 12.5 Å². The highest BCUT2D eigenvalue weighted by atomic mass is 35.5. The largest absolute Gasteiger partial charge is 0.396 e. The summed E-state index contributed by atoms with van der Waals surface area (Å²) >= 11 is 6.17. The summed E-state index contributed by atoms with van der Waals surface area (Å²) in [6.45, 7) is 2.17. The van der Waals surface area contributed by atoms with Crippen LogP contribution in [0.5, 0.6) is 0 Å². The van der Waals surface area contributed by atoms with Crippen LogP contribution in [0.25, 0.3) is 0 Å². The molecule has 1 heterocycles. The van der Waals surface area contributed by atoms with Crippen molar-refractivity contribution in [1.82, 2.24) is 0 Å². The zero-order chi connectivity index (χ0) is 17.5. The molecule has 24 heavy (non-hydrogen) atoms. The van der Waals surface area contributed by atoms with Gasteiger partial charge in [-0.15, -0.1) is 0 Å². The van der Waals surface area contributed by atoms with E-state index in [4.69, 9.17) is 35.7 Å². The van der Waals surface area contributed by atoms with Crippen LogP contribution in [0.15, 0.2) is 24.3 Å². The molecule has 0 aliphatic carbocycles. The maximum absolute atomic E-state index is 9.49. The first-order valence-corrected chi connectivity index (χ1v) is 8.36. The van der Waals surface area contributed by atoms with E-state index >= 15 is 0 Å². The Balaban J connectivity index is 2.13. The van der Waals surface area contributed by atoms with Gasteiger partial charge < -0.3 is 29.2 Å². The first-order chi connectivity index (χ1) is 11.6. The second kappa shape index (κ2) is 9.68. The Morgan fingerprint density at radius 3 is 2.58 bits per heavy atom. The summed E-state index contributed by atoms with van der Waals surface area (Å²) in [6, 6.07) is 7.44. The van der Waals surface area contributed by atoms with Gasteiger partial charge in [-0.3, -0.25) is 0 Å². The minimum atomic E-state index is -0.619. The molecule has 1 unspecified atom stereocenters. The summed E-state index contributed by atoms with van der Waals surface area (Å²) < 4.78 is 22.9. The number of hydrogen-bond acceptors (Lipinski definition) is 6. The Morgan fingerprint density at radius 2 is 1.96 bits per heavy atom. The number of hydrogen-bond donors (Lipinski definition) is 2. The number of methoxy groups -OCH3 is 1. The minimum absolute atomic E-state index is 0.0419. The molecule has 0 aromatic heterocycles. The van der Waals surface area contributed by atoms with Gasteiger partial charge >= 0.3 is 0 Å². The van der Waals surface area contributed by atoms with E-state index in [1.54, 1.807) is 6.07 Å². The molecule has 1 aliphatic heterocycles. The van der Waals surface area contributed by atoms with Gasteiger partial charge in [0.05, 0.1) is 25.9 Å².